The Morgan fingerprint density at radius 3 is 2.39 bits per heavy atom. The summed E-state index contributed by atoms with van der Waals surface area (Å²) in [6, 6.07) is 13.8. The van der Waals surface area contributed by atoms with Gasteiger partial charge in [0.05, 0.1) is 18.2 Å². The van der Waals surface area contributed by atoms with Crippen molar-refractivity contribution in [3.8, 4) is 17.0 Å². The Morgan fingerprint density at radius 2 is 1.70 bits per heavy atom. The fourth-order valence-electron chi connectivity index (χ4n) is 6.70. The van der Waals surface area contributed by atoms with Gasteiger partial charge in [0, 0.05) is 44.2 Å². The molecule has 1 aromatic heterocycles. The predicted octanol–water partition coefficient (Wildman–Crippen LogP) is 7.20. The summed E-state index contributed by atoms with van der Waals surface area (Å²) in [5.41, 5.74) is 3.86. The molecule has 0 unspecified atom stereocenters. The Bertz CT molecular complexity index is 1560. The van der Waals surface area contributed by atoms with Gasteiger partial charge in [-0.05, 0) is 99.1 Å². The third-order valence-electron chi connectivity index (χ3n) is 9.68. The van der Waals surface area contributed by atoms with Gasteiger partial charge in [0.25, 0.3) is 0 Å². The Labute approximate surface area is 269 Å². The molecule has 0 spiro atoms. The van der Waals surface area contributed by atoms with Crippen molar-refractivity contribution in [2.45, 2.75) is 71.3 Å². The molecule has 9 heteroatoms. The lowest BCUT2D eigenvalue weighted by Crippen LogP contribution is -2.38. The van der Waals surface area contributed by atoms with E-state index >= 15 is 4.39 Å². The molecular weight excluding hydrogens is 588 g/mol. The summed E-state index contributed by atoms with van der Waals surface area (Å²) in [4.78, 5) is 33.5. The number of nitrogens with zero attached hydrogens (tertiary/aromatic N) is 3. The van der Waals surface area contributed by atoms with Crippen molar-refractivity contribution in [3.63, 3.8) is 0 Å². The van der Waals surface area contributed by atoms with Crippen LogP contribution in [0.3, 0.4) is 0 Å². The first-order valence-electron chi connectivity index (χ1n) is 16.7. The van der Waals surface area contributed by atoms with E-state index in [4.69, 9.17) is 14.5 Å². The van der Waals surface area contributed by atoms with Gasteiger partial charge in [-0.25, -0.2) is 13.8 Å². The molecule has 3 heterocycles. The minimum Gasteiger partial charge on any atom is -0.485 e. The molecule has 0 N–H and O–H groups in total. The highest BCUT2D eigenvalue weighted by molar-refractivity contribution is 5.77. The number of esters is 1. The largest absolute Gasteiger partial charge is 0.485 e. The number of likely N-dealkylation sites (tertiary alicyclic amines) is 1. The van der Waals surface area contributed by atoms with Gasteiger partial charge in [0.15, 0.2) is 11.6 Å². The molecule has 6 rings (SSSR count). The monoisotopic (exact) mass is 631 g/mol. The number of hydrogen-bond donors (Lipinski definition) is 0. The lowest BCUT2D eigenvalue weighted by atomic mass is 9.87. The average Bonchev–Trinajstić information content (AvgIpc) is 3.89. The van der Waals surface area contributed by atoms with Crippen molar-refractivity contribution in [1.29, 1.82) is 0 Å². The molecule has 1 saturated carbocycles. The second-order valence-electron chi connectivity index (χ2n) is 12.9. The zero-order valence-corrected chi connectivity index (χ0v) is 26.8. The topological polar surface area (TPSA) is 72.0 Å². The molecule has 0 radical (unpaired) electrons. The number of hydrogen-bond acceptors (Lipinski definition) is 6. The van der Waals surface area contributed by atoms with E-state index in [1.54, 1.807) is 13.0 Å². The first-order chi connectivity index (χ1) is 22.3. The van der Waals surface area contributed by atoms with E-state index in [1.165, 1.54) is 24.5 Å². The number of anilines is 1. The maximum atomic E-state index is 15.2. The first-order valence-corrected chi connectivity index (χ1v) is 16.7. The van der Waals surface area contributed by atoms with Crippen molar-refractivity contribution >= 4 is 17.7 Å². The fourth-order valence-corrected chi connectivity index (χ4v) is 6.70. The third-order valence-corrected chi connectivity index (χ3v) is 9.68. The third kappa shape index (κ3) is 7.51. The van der Waals surface area contributed by atoms with Crippen LogP contribution in [0.4, 0.5) is 14.6 Å². The van der Waals surface area contributed by atoms with E-state index in [9.17, 15) is 14.0 Å². The Balaban J connectivity index is 1.11. The lowest BCUT2D eigenvalue weighted by Gasteiger charge is -2.32. The highest BCUT2D eigenvalue weighted by Crippen LogP contribution is 2.37. The van der Waals surface area contributed by atoms with Crippen molar-refractivity contribution in [2.24, 2.45) is 11.8 Å². The van der Waals surface area contributed by atoms with E-state index in [-0.39, 0.29) is 29.8 Å². The molecule has 1 amide bonds. The Morgan fingerprint density at radius 1 is 0.935 bits per heavy atom. The van der Waals surface area contributed by atoms with Crippen LogP contribution in [0.2, 0.25) is 0 Å². The van der Waals surface area contributed by atoms with Gasteiger partial charge in [-0.1, -0.05) is 24.3 Å². The summed E-state index contributed by atoms with van der Waals surface area (Å²) < 4.78 is 41.0. The van der Waals surface area contributed by atoms with Crippen molar-refractivity contribution in [3.05, 3.63) is 76.9 Å². The van der Waals surface area contributed by atoms with Crippen LogP contribution < -0.4 is 9.64 Å². The fraction of sp³-hybridized carbons (Fsp3) is 0.486. The number of ether oxygens (including phenoxy) is 2. The van der Waals surface area contributed by atoms with Gasteiger partial charge < -0.3 is 19.3 Å². The second-order valence-corrected chi connectivity index (χ2v) is 12.9. The van der Waals surface area contributed by atoms with Crippen LogP contribution in [0.5, 0.6) is 5.75 Å². The molecular formula is C37H43F2N3O4. The molecule has 1 aliphatic carbocycles. The average molecular weight is 632 g/mol. The minimum atomic E-state index is -0.783. The molecule has 3 fully saturated rings. The van der Waals surface area contributed by atoms with E-state index in [2.05, 4.69) is 17.0 Å². The number of aryl methyl sites for hydroxylation is 1. The molecule has 0 bridgehead atoms. The first kappa shape index (κ1) is 32.0. The van der Waals surface area contributed by atoms with Gasteiger partial charge in [0.1, 0.15) is 18.2 Å². The van der Waals surface area contributed by atoms with Crippen molar-refractivity contribution < 1.29 is 27.8 Å². The van der Waals surface area contributed by atoms with Gasteiger partial charge in [-0.3, -0.25) is 9.59 Å². The molecule has 2 aromatic carbocycles. The summed E-state index contributed by atoms with van der Waals surface area (Å²) in [6.07, 6.45) is 6.30. The number of benzene rings is 2. The van der Waals surface area contributed by atoms with Gasteiger partial charge in [-0.2, -0.15) is 0 Å². The van der Waals surface area contributed by atoms with Crippen LogP contribution in [-0.4, -0.2) is 54.5 Å². The molecule has 3 aliphatic rings. The van der Waals surface area contributed by atoms with E-state index in [0.717, 1.165) is 43.1 Å². The van der Waals surface area contributed by atoms with Gasteiger partial charge in [0.2, 0.25) is 5.91 Å². The van der Waals surface area contributed by atoms with Crippen molar-refractivity contribution in [2.75, 3.05) is 37.7 Å². The van der Waals surface area contributed by atoms with Crippen LogP contribution in [0.15, 0.2) is 48.5 Å². The summed E-state index contributed by atoms with van der Waals surface area (Å²) in [6.45, 7) is 7.18. The SMILES string of the molecule is CCOC(=O)C1CCN(c2cccc(-c3cc(F)cc(F)c3OCc3ccc(C4CCN(C(=O)CC5CC5)CC4)cc3C)n2)CC1. The standard InChI is InChI=1S/C37H43F2N3O4/c1-3-45-37(44)27-13-15-41(16-14-27)34-6-4-5-33(40-34)31-21-30(38)22-32(39)36(31)46-23-29-10-9-28(19-24(29)2)26-11-17-42(18-12-26)35(43)20-25-7-8-25/h4-6,9-10,19,21-22,25-27H,3,7-8,11-18,20,23H2,1-2H3. The van der Waals surface area contributed by atoms with E-state index < -0.39 is 11.6 Å². The van der Waals surface area contributed by atoms with Gasteiger partial charge in [-0.15, -0.1) is 0 Å². The summed E-state index contributed by atoms with van der Waals surface area (Å²) in [7, 11) is 0. The number of pyridine rings is 1. The van der Waals surface area contributed by atoms with Crippen LogP contribution in [0, 0.1) is 30.4 Å². The number of piperidine rings is 2. The lowest BCUT2D eigenvalue weighted by molar-refractivity contribution is -0.148. The number of amides is 1. The molecule has 0 atom stereocenters. The van der Waals surface area contributed by atoms with Crippen molar-refractivity contribution in [1.82, 2.24) is 9.88 Å². The number of rotatable bonds is 10. The number of halogens is 2. The summed E-state index contributed by atoms with van der Waals surface area (Å²) in [5.74, 6) is 0.162. The van der Waals surface area contributed by atoms with Crippen LogP contribution >= 0.6 is 0 Å². The predicted molar refractivity (Wildman–Crippen MR) is 173 cm³/mol. The zero-order valence-electron chi connectivity index (χ0n) is 26.8. The Hall–Kier alpha value is -4.01. The molecule has 7 nitrogen and oxygen atoms in total. The maximum Gasteiger partial charge on any atom is 0.309 e. The maximum absolute atomic E-state index is 15.2. The van der Waals surface area contributed by atoms with E-state index in [0.29, 0.717) is 68.2 Å². The molecule has 2 aliphatic heterocycles. The number of carbonyl (C=O) groups is 2. The number of carbonyl (C=O) groups excluding carboxylic acids is 2. The van der Waals surface area contributed by atoms with E-state index in [1.807, 2.05) is 30.0 Å². The molecule has 244 valence electrons. The summed E-state index contributed by atoms with van der Waals surface area (Å²) >= 11 is 0. The molecule has 46 heavy (non-hydrogen) atoms. The highest BCUT2D eigenvalue weighted by atomic mass is 19.1. The smallest absolute Gasteiger partial charge is 0.309 e. The normalized spacial score (nSPS) is 17.7. The van der Waals surface area contributed by atoms with Crippen LogP contribution in [-0.2, 0) is 20.9 Å². The van der Waals surface area contributed by atoms with Crippen LogP contribution in [0.1, 0.15) is 74.5 Å². The molecule has 2 saturated heterocycles. The van der Waals surface area contributed by atoms with Crippen LogP contribution in [0.25, 0.3) is 11.3 Å². The Kier molecular flexibility index (Phi) is 9.85. The minimum absolute atomic E-state index is 0.0428. The van der Waals surface area contributed by atoms with Gasteiger partial charge >= 0.3 is 5.97 Å². The highest BCUT2D eigenvalue weighted by Gasteiger charge is 2.30. The second kappa shape index (κ2) is 14.2. The molecule has 3 aromatic rings. The zero-order chi connectivity index (χ0) is 32.2. The summed E-state index contributed by atoms with van der Waals surface area (Å²) in [5, 5.41) is 0. The number of aromatic nitrogens is 1. The quantitative estimate of drug-likeness (QED) is 0.221.